The molecule has 0 aromatic heterocycles. The Bertz CT molecular complexity index is 560. The lowest BCUT2D eigenvalue weighted by molar-refractivity contribution is 0.275. The van der Waals surface area contributed by atoms with Crippen LogP contribution in [-0.2, 0) is 21.9 Å². The zero-order valence-electron chi connectivity index (χ0n) is 15.7. The van der Waals surface area contributed by atoms with Crippen molar-refractivity contribution in [3.8, 4) is 0 Å². The van der Waals surface area contributed by atoms with E-state index in [1.807, 2.05) is 20.8 Å². The average Bonchev–Trinajstić information content (AvgIpc) is 2.46. The van der Waals surface area contributed by atoms with E-state index in [2.05, 4.69) is 49.8 Å². The zero-order chi connectivity index (χ0) is 17.3. The van der Waals surface area contributed by atoms with E-state index in [4.69, 9.17) is 0 Å². The standard InChI is InChI=1S/C20H33NOS/c1-18(2,3)16-11-10-12-17(15-16)20(13-8-7-9-14-20)21-23(22)19(4,5)6/h10-12,15,21H,7-9,13-14H2,1-6H3. The molecule has 1 aliphatic rings. The van der Waals surface area contributed by atoms with E-state index in [1.165, 1.54) is 30.4 Å². The first-order valence-corrected chi connectivity index (χ1v) is 10.0. The Labute approximate surface area is 145 Å². The molecule has 0 aliphatic heterocycles. The monoisotopic (exact) mass is 335 g/mol. The fraction of sp³-hybridized carbons (Fsp3) is 0.700. The Morgan fingerprint density at radius 2 is 1.61 bits per heavy atom. The molecule has 1 fully saturated rings. The molecule has 0 spiro atoms. The van der Waals surface area contributed by atoms with E-state index in [-0.39, 0.29) is 15.7 Å². The van der Waals surface area contributed by atoms with Gasteiger partial charge in [-0.25, -0.2) is 8.93 Å². The summed E-state index contributed by atoms with van der Waals surface area (Å²) in [5.41, 5.74) is 2.65. The van der Waals surface area contributed by atoms with Crippen molar-refractivity contribution in [2.45, 2.75) is 89.3 Å². The van der Waals surface area contributed by atoms with Gasteiger partial charge >= 0.3 is 0 Å². The highest BCUT2D eigenvalue weighted by atomic mass is 32.2. The summed E-state index contributed by atoms with van der Waals surface area (Å²) >= 11 is 0. The van der Waals surface area contributed by atoms with E-state index in [0.29, 0.717) is 0 Å². The molecule has 2 rings (SSSR count). The molecule has 23 heavy (non-hydrogen) atoms. The normalized spacial score (nSPS) is 20.3. The minimum Gasteiger partial charge on any atom is -0.242 e. The third kappa shape index (κ3) is 4.45. The van der Waals surface area contributed by atoms with E-state index in [0.717, 1.165) is 12.8 Å². The lowest BCUT2D eigenvalue weighted by atomic mass is 9.75. The fourth-order valence-electron chi connectivity index (χ4n) is 3.22. The summed E-state index contributed by atoms with van der Waals surface area (Å²) in [5, 5.41) is 0. The lowest BCUT2D eigenvalue weighted by Crippen LogP contribution is -2.49. The second-order valence-corrected chi connectivity index (χ2v) is 10.9. The highest BCUT2D eigenvalue weighted by molar-refractivity contribution is 7.84. The molecule has 0 saturated heterocycles. The summed E-state index contributed by atoms with van der Waals surface area (Å²) in [5.74, 6) is 0. The van der Waals surface area contributed by atoms with Gasteiger partial charge in [0, 0.05) is 0 Å². The molecule has 130 valence electrons. The van der Waals surface area contributed by atoms with Crippen molar-refractivity contribution in [1.82, 2.24) is 4.72 Å². The summed E-state index contributed by atoms with van der Waals surface area (Å²) in [6.07, 6.45) is 5.83. The SMILES string of the molecule is CC(C)(C)c1cccc(C2(NS(=O)C(C)(C)C)CCCCC2)c1. The number of benzene rings is 1. The Balaban J connectivity index is 2.41. The van der Waals surface area contributed by atoms with Crippen LogP contribution in [0.3, 0.4) is 0 Å². The van der Waals surface area contributed by atoms with Crippen LogP contribution in [0.25, 0.3) is 0 Å². The minimum absolute atomic E-state index is 0.134. The summed E-state index contributed by atoms with van der Waals surface area (Å²) < 4.78 is 16.1. The molecule has 0 radical (unpaired) electrons. The lowest BCUT2D eigenvalue weighted by Gasteiger charge is -2.40. The Morgan fingerprint density at radius 3 is 2.13 bits per heavy atom. The molecule has 1 unspecified atom stereocenters. The first-order chi connectivity index (χ1) is 10.5. The van der Waals surface area contributed by atoms with Crippen LogP contribution in [-0.4, -0.2) is 8.96 Å². The maximum atomic E-state index is 12.8. The van der Waals surface area contributed by atoms with Crippen molar-refractivity contribution in [2.24, 2.45) is 0 Å². The molecule has 2 nitrogen and oxygen atoms in total. The van der Waals surface area contributed by atoms with E-state index in [9.17, 15) is 4.21 Å². The fourth-order valence-corrected chi connectivity index (χ4v) is 4.20. The van der Waals surface area contributed by atoms with Crippen molar-refractivity contribution < 1.29 is 4.21 Å². The average molecular weight is 336 g/mol. The van der Waals surface area contributed by atoms with Gasteiger partial charge in [-0.05, 0) is 50.2 Å². The number of hydrogen-bond acceptors (Lipinski definition) is 1. The third-order valence-electron chi connectivity index (χ3n) is 4.83. The first-order valence-electron chi connectivity index (χ1n) is 8.85. The smallest absolute Gasteiger partial charge is 0.0978 e. The molecule has 1 N–H and O–H groups in total. The van der Waals surface area contributed by atoms with Gasteiger partial charge in [-0.1, -0.05) is 64.3 Å². The molecule has 0 heterocycles. The molecule has 1 aromatic rings. The van der Waals surface area contributed by atoms with E-state index in [1.54, 1.807) is 0 Å². The topological polar surface area (TPSA) is 29.1 Å². The molecule has 1 atom stereocenters. The minimum atomic E-state index is -1.05. The zero-order valence-corrected chi connectivity index (χ0v) is 16.5. The molecule has 3 heteroatoms. The number of hydrogen-bond donors (Lipinski definition) is 1. The van der Waals surface area contributed by atoms with Crippen molar-refractivity contribution in [3.63, 3.8) is 0 Å². The maximum absolute atomic E-state index is 12.8. The predicted molar refractivity (Wildman–Crippen MR) is 101 cm³/mol. The van der Waals surface area contributed by atoms with Gasteiger partial charge in [0.25, 0.3) is 0 Å². The van der Waals surface area contributed by atoms with Gasteiger partial charge in [0.05, 0.1) is 21.3 Å². The van der Waals surface area contributed by atoms with Crippen LogP contribution < -0.4 is 4.72 Å². The van der Waals surface area contributed by atoms with Crippen LogP contribution in [0.1, 0.15) is 84.8 Å². The van der Waals surface area contributed by atoms with Crippen LogP contribution in [0.2, 0.25) is 0 Å². The van der Waals surface area contributed by atoms with Crippen LogP contribution in [0.4, 0.5) is 0 Å². The Hall–Kier alpha value is -0.670. The van der Waals surface area contributed by atoms with Crippen molar-refractivity contribution in [2.75, 3.05) is 0 Å². The Kier molecular flexibility index (Phi) is 5.42. The summed E-state index contributed by atoms with van der Waals surface area (Å²) in [6, 6.07) is 8.92. The van der Waals surface area contributed by atoms with Gasteiger partial charge in [-0.15, -0.1) is 0 Å². The highest BCUT2D eigenvalue weighted by Gasteiger charge is 2.38. The number of nitrogens with one attached hydrogen (secondary N) is 1. The first kappa shape index (κ1) is 18.7. The number of rotatable bonds is 3. The van der Waals surface area contributed by atoms with Crippen molar-refractivity contribution >= 4 is 11.0 Å². The van der Waals surface area contributed by atoms with Gasteiger partial charge in [-0.3, -0.25) is 0 Å². The van der Waals surface area contributed by atoms with Crippen molar-refractivity contribution in [3.05, 3.63) is 35.4 Å². The van der Waals surface area contributed by atoms with Gasteiger partial charge in [0.2, 0.25) is 0 Å². The van der Waals surface area contributed by atoms with Crippen LogP contribution in [0, 0.1) is 0 Å². The van der Waals surface area contributed by atoms with Gasteiger partial charge in [-0.2, -0.15) is 0 Å². The van der Waals surface area contributed by atoms with Crippen LogP contribution in [0.5, 0.6) is 0 Å². The largest absolute Gasteiger partial charge is 0.242 e. The maximum Gasteiger partial charge on any atom is 0.0978 e. The molecule has 1 aromatic carbocycles. The second kappa shape index (κ2) is 6.68. The van der Waals surface area contributed by atoms with E-state index >= 15 is 0 Å². The molecular weight excluding hydrogens is 302 g/mol. The van der Waals surface area contributed by atoms with E-state index < -0.39 is 11.0 Å². The summed E-state index contributed by atoms with van der Waals surface area (Å²) in [4.78, 5) is 0. The molecule has 1 aliphatic carbocycles. The molecular formula is C20H33NOS. The van der Waals surface area contributed by atoms with Crippen molar-refractivity contribution in [1.29, 1.82) is 0 Å². The quantitative estimate of drug-likeness (QED) is 0.808. The predicted octanol–water partition coefficient (Wildman–Crippen LogP) is 5.20. The molecule has 1 saturated carbocycles. The highest BCUT2D eigenvalue weighted by Crippen LogP contribution is 2.39. The second-order valence-electron chi connectivity index (χ2n) is 8.96. The summed E-state index contributed by atoms with van der Waals surface area (Å²) in [6.45, 7) is 12.9. The van der Waals surface area contributed by atoms with Gasteiger partial charge in [0.1, 0.15) is 0 Å². The third-order valence-corrected chi connectivity index (χ3v) is 6.52. The van der Waals surface area contributed by atoms with Crippen LogP contribution >= 0.6 is 0 Å². The summed E-state index contributed by atoms with van der Waals surface area (Å²) in [7, 11) is -1.05. The molecule has 0 bridgehead atoms. The van der Waals surface area contributed by atoms with Gasteiger partial charge in [0.15, 0.2) is 0 Å². The molecule has 0 amide bonds. The van der Waals surface area contributed by atoms with Gasteiger partial charge < -0.3 is 0 Å². The van der Waals surface area contributed by atoms with Crippen LogP contribution in [0.15, 0.2) is 24.3 Å². The Morgan fingerprint density at radius 1 is 1.00 bits per heavy atom.